The molecule has 0 spiro atoms. The number of β-amino-alcohol motifs (C(OH)–C–C–N with tert-alkyl or cyclic N) is 1. The Morgan fingerprint density at radius 3 is 2.43 bits per heavy atom. The summed E-state index contributed by atoms with van der Waals surface area (Å²) in [5.41, 5.74) is 5.89. The van der Waals surface area contributed by atoms with Crippen molar-refractivity contribution in [1.82, 2.24) is 4.90 Å². The lowest BCUT2D eigenvalue weighted by atomic mass is 9.89. The molecule has 2 aliphatic rings. The van der Waals surface area contributed by atoms with Gasteiger partial charge in [0.2, 0.25) is 0 Å². The molecule has 1 heterocycles. The third kappa shape index (κ3) is 2.47. The van der Waals surface area contributed by atoms with Crippen LogP contribution in [-0.2, 0) is 0 Å². The van der Waals surface area contributed by atoms with E-state index in [0.29, 0.717) is 12.1 Å². The number of aliphatic hydroxyl groups is 1. The maximum Gasteiger partial charge on any atom is 0.0667 e. The van der Waals surface area contributed by atoms with Crippen LogP contribution < -0.4 is 5.73 Å². The number of rotatable bonds is 1. The molecule has 0 aromatic rings. The van der Waals surface area contributed by atoms with Crippen molar-refractivity contribution in [2.75, 3.05) is 13.1 Å². The van der Waals surface area contributed by atoms with Crippen molar-refractivity contribution >= 4 is 0 Å². The standard InChI is InChI=1S/C11H22N2O/c12-9-3-5-10(6-4-9)13-7-1-2-11(14)8-13/h9-11,14H,1-8,12H2. The van der Waals surface area contributed by atoms with E-state index in [0.717, 1.165) is 32.2 Å². The second-order valence-corrected chi connectivity index (χ2v) is 4.86. The predicted molar refractivity (Wildman–Crippen MR) is 57.0 cm³/mol. The molecule has 1 saturated heterocycles. The summed E-state index contributed by atoms with van der Waals surface area (Å²) in [5, 5.41) is 9.60. The molecule has 0 aromatic carbocycles. The van der Waals surface area contributed by atoms with Gasteiger partial charge in [-0.05, 0) is 45.1 Å². The van der Waals surface area contributed by atoms with Gasteiger partial charge in [0.15, 0.2) is 0 Å². The summed E-state index contributed by atoms with van der Waals surface area (Å²) in [4.78, 5) is 2.47. The van der Waals surface area contributed by atoms with E-state index in [4.69, 9.17) is 5.73 Å². The topological polar surface area (TPSA) is 49.5 Å². The van der Waals surface area contributed by atoms with Gasteiger partial charge >= 0.3 is 0 Å². The molecule has 1 saturated carbocycles. The fraction of sp³-hybridized carbons (Fsp3) is 1.00. The Kier molecular flexibility index (Phi) is 3.42. The summed E-state index contributed by atoms with van der Waals surface area (Å²) in [5.74, 6) is 0. The first-order valence-electron chi connectivity index (χ1n) is 5.93. The van der Waals surface area contributed by atoms with Crippen molar-refractivity contribution < 1.29 is 5.11 Å². The zero-order chi connectivity index (χ0) is 9.97. The van der Waals surface area contributed by atoms with Crippen LogP contribution >= 0.6 is 0 Å². The van der Waals surface area contributed by atoms with Crippen molar-refractivity contribution in [3.63, 3.8) is 0 Å². The van der Waals surface area contributed by atoms with Gasteiger partial charge in [-0.2, -0.15) is 0 Å². The van der Waals surface area contributed by atoms with Crippen LogP contribution in [0.4, 0.5) is 0 Å². The number of nitrogens with zero attached hydrogens (tertiary/aromatic N) is 1. The van der Waals surface area contributed by atoms with Gasteiger partial charge in [0, 0.05) is 18.6 Å². The van der Waals surface area contributed by atoms with E-state index >= 15 is 0 Å². The van der Waals surface area contributed by atoms with Gasteiger partial charge in [0.05, 0.1) is 6.10 Å². The number of hydrogen-bond donors (Lipinski definition) is 2. The summed E-state index contributed by atoms with van der Waals surface area (Å²) in [6, 6.07) is 1.13. The monoisotopic (exact) mass is 198 g/mol. The van der Waals surface area contributed by atoms with E-state index in [1.165, 1.54) is 19.4 Å². The van der Waals surface area contributed by atoms with Crippen LogP contribution in [0.5, 0.6) is 0 Å². The second kappa shape index (κ2) is 4.60. The molecule has 3 heteroatoms. The molecule has 14 heavy (non-hydrogen) atoms. The van der Waals surface area contributed by atoms with E-state index in [2.05, 4.69) is 4.90 Å². The molecule has 0 radical (unpaired) electrons. The van der Waals surface area contributed by atoms with Gasteiger partial charge in [0.1, 0.15) is 0 Å². The van der Waals surface area contributed by atoms with Gasteiger partial charge in [-0.1, -0.05) is 0 Å². The van der Waals surface area contributed by atoms with Crippen molar-refractivity contribution in [3.8, 4) is 0 Å². The summed E-state index contributed by atoms with van der Waals surface area (Å²) in [6.45, 7) is 2.07. The molecular formula is C11H22N2O. The van der Waals surface area contributed by atoms with E-state index in [1.54, 1.807) is 0 Å². The number of likely N-dealkylation sites (tertiary alicyclic amines) is 1. The Bertz CT molecular complexity index is 178. The lowest BCUT2D eigenvalue weighted by Crippen LogP contribution is -2.47. The normalized spacial score (nSPS) is 41.1. The molecule has 2 fully saturated rings. The Balaban J connectivity index is 1.82. The summed E-state index contributed by atoms with van der Waals surface area (Å²) in [7, 11) is 0. The number of hydrogen-bond acceptors (Lipinski definition) is 3. The van der Waals surface area contributed by atoms with E-state index < -0.39 is 0 Å². The van der Waals surface area contributed by atoms with Gasteiger partial charge in [-0.15, -0.1) is 0 Å². The van der Waals surface area contributed by atoms with E-state index in [9.17, 15) is 5.11 Å². The highest BCUT2D eigenvalue weighted by Gasteiger charge is 2.27. The average molecular weight is 198 g/mol. The number of aliphatic hydroxyl groups excluding tert-OH is 1. The summed E-state index contributed by atoms with van der Waals surface area (Å²) < 4.78 is 0. The molecule has 3 N–H and O–H groups in total. The Morgan fingerprint density at radius 2 is 1.79 bits per heavy atom. The predicted octanol–water partition coefficient (Wildman–Crippen LogP) is 0.713. The van der Waals surface area contributed by atoms with Crippen LogP contribution in [0.3, 0.4) is 0 Å². The van der Waals surface area contributed by atoms with Gasteiger partial charge in [-0.25, -0.2) is 0 Å². The smallest absolute Gasteiger partial charge is 0.0667 e. The third-order valence-electron chi connectivity index (χ3n) is 3.69. The minimum absolute atomic E-state index is 0.0839. The lowest BCUT2D eigenvalue weighted by molar-refractivity contribution is 0.0347. The summed E-state index contributed by atoms with van der Waals surface area (Å²) in [6.07, 6.45) is 6.85. The van der Waals surface area contributed by atoms with Crippen LogP contribution in [0.25, 0.3) is 0 Å². The molecule has 0 aromatic heterocycles. The Morgan fingerprint density at radius 1 is 1.07 bits per heavy atom. The number of nitrogens with two attached hydrogens (primary N) is 1. The maximum atomic E-state index is 9.60. The van der Waals surface area contributed by atoms with Crippen LogP contribution in [0.15, 0.2) is 0 Å². The zero-order valence-electron chi connectivity index (χ0n) is 8.86. The molecule has 1 aliphatic heterocycles. The quantitative estimate of drug-likeness (QED) is 0.652. The third-order valence-corrected chi connectivity index (χ3v) is 3.69. The fourth-order valence-corrected chi connectivity index (χ4v) is 2.78. The van der Waals surface area contributed by atoms with E-state index in [1.807, 2.05) is 0 Å². The van der Waals surface area contributed by atoms with Gasteiger partial charge in [0.25, 0.3) is 0 Å². The highest BCUT2D eigenvalue weighted by atomic mass is 16.3. The molecule has 1 aliphatic carbocycles. The minimum atomic E-state index is -0.0839. The molecule has 2 rings (SSSR count). The molecule has 3 nitrogen and oxygen atoms in total. The first-order valence-corrected chi connectivity index (χ1v) is 5.93. The Hall–Kier alpha value is -0.120. The summed E-state index contributed by atoms with van der Waals surface area (Å²) >= 11 is 0. The molecular weight excluding hydrogens is 176 g/mol. The average Bonchev–Trinajstić information content (AvgIpc) is 2.19. The molecule has 1 atom stereocenters. The first-order chi connectivity index (χ1) is 6.75. The van der Waals surface area contributed by atoms with E-state index in [-0.39, 0.29) is 6.10 Å². The molecule has 0 amide bonds. The van der Waals surface area contributed by atoms with Crippen molar-refractivity contribution in [2.45, 2.75) is 56.7 Å². The zero-order valence-corrected chi connectivity index (χ0v) is 8.86. The van der Waals surface area contributed by atoms with Crippen molar-refractivity contribution in [2.24, 2.45) is 5.73 Å². The van der Waals surface area contributed by atoms with Gasteiger partial charge in [-0.3, -0.25) is 4.90 Å². The van der Waals surface area contributed by atoms with Gasteiger partial charge < -0.3 is 10.8 Å². The van der Waals surface area contributed by atoms with Crippen LogP contribution in [0.2, 0.25) is 0 Å². The van der Waals surface area contributed by atoms with Crippen LogP contribution in [-0.4, -0.2) is 41.3 Å². The second-order valence-electron chi connectivity index (χ2n) is 4.86. The van der Waals surface area contributed by atoms with Crippen molar-refractivity contribution in [3.05, 3.63) is 0 Å². The lowest BCUT2D eigenvalue weighted by Gasteiger charge is -2.39. The Labute approximate surface area is 86.3 Å². The maximum absolute atomic E-state index is 9.60. The minimum Gasteiger partial charge on any atom is -0.392 e. The first kappa shape index (κ1) is 10.4. The molecule has 82 valence electrons. The largest absolute Gasteiger partial charge is 0.392 e. The van der Waals surface area contributed by atoms with Crippen molar-refractivity contribution in [1.29, 1.82) is 0 Å². The highest BCUT2D eigenvalue weighted by molar-refractivity contribution is 4.84. The molecule has 1 unspecified atom stereocenters. The number of piperidine rings is 1. The fourth-order valence-electron chi connectivity index (χ4n) is 2.78. The highest BCUT2D eigenvalue weighted by Crippen LogP contribution is 2.24. The SMILES string of the molecule is NC1CCC(N2CCCC(O)C2)CC1. The molecule has 0 bridgehead atoms. The van der Waals surface area contributed by atoms with Crippen LogP contribution in [0, 0.1) is 0 Å². The van der Waals surface area contributed by atoms with Crippen LogP contribution in [0.1, 0.15) is 38.5 Å².